The first-order valence-corrected chi connectivity index (χ1v) is 20.9. The number of nitrogens with zero attached hydrogens (tertiary/aromatic N) is 5. The highest BCUT2D eigenvalue weighted by Gasteiger charge is 2.19. The molecule has 4 heterocycles. The molecule has 0 aliphatic rings. The molecule has 0 bridgehead atoms. The predicted molar refractivity (Wildman–Crippen MR) is 256 cm³/mol. The third-order valence-electron chi connectivity index (χ3n) is 12.0. The molecule has 62 heavy (non-hydrogen) atoms. The molecule has 0 aliphatic carbocycles. The topological polar surface area (TPSA) is 48.5 Å². The van der Waals surface area contributed by atoms with Crippen LogP contribution in [0.5, 0.6) is 0 Å². The van der Waals surface area contributed by atoms with E-state index in [-0.39, 0.29) is 0 Å². The molecule has 12 rings (SSSR count). The van der Waals surface area contributed by atoms with Crippen molar-refractivity contribution >= 4 is 43.6 Å². The van der Waals surface area contributed by atoms with E-state index >= 15 is 0 Å². The second kappa shape index (κ2) is 14.7. The van der Waals surface area contributed by atoms with Crippen LogP contribution in [0.2, 0.25) is 0 Å². The molecule has 0 N–H and O–H groups in total. The molecule has 5 heteroatoms. The van der Waals surface area contributed by atoms with Crippen molar-refractivity contribution in [2.75, 3.05) is 0 Å². The van der Waals surface area contributed by atoms with E-state index in [9.17, 15) is 0 Å². The number of hydrogen-bond acceptors (Lipinski definition) is 3. The molecule has 12 aromatic rings. The van der Waals surface area contributed by atoms with Gasteiger partial charge in [0.15, 0.2) is 5.82 Å². The average Bonchev–Trinajstić information content (AvgIpc) is 3.88. The third kappa shape index (κ3) is 6.06. The second-order valence-electron chi connectivity index (χ2n) is 15.7. The monoisotopic (exact) mass is 791 g/mol. The summed E-state index contributed by atoms with van der Waals surface area (Å²) in [7, 11) is 0. The molecule has 0 saturated heterocycles. The van der Waals surface area contributed by atoms with Crippen LogP contribution in [0.3, 0.4) is 0 Å². The van der Waals surface area contributed by atoms with Gasteiger partial charge in [0.1, 0.15) is 0 Å². The van der Waals surface area contributed by atoms with E-state index in [0.29, 0.717) is 5.82 Å². The van der Waals surface area contributed by atoms with Crippen LogP contribution in [0.4, 0.5) is 0 Å². The molecular formula is C57H37N5. The highest BCUT2D eigenvalue weighted by Crippen LogP contribution is 2.39. The first-order valence-electron chi connectivity index (χ1n) is 20.9. The number of para-hydroxylation sites is 4. The Hall–Kier alpha value is -8.41. The van der Waals surface area contributed by atoms with Gasteiger partial charge in [0.25, 0.3) is 0 Å². The normalized spacial score (nSPS) is 11.5. The van der Waals surface area contributed by atoms with E-state index in [1.165, 1.54) is 21.5 Å². The van der Waals surface area contributed by atoms with Gasteiger partial charge in [0.2, 0.25) is 0 Å². The Kier molecular flexibility index (Phi) is 8.42. The van der Waals surface area contributed by atoms with Gasteiger partial charge >= 0.3 is 0 Å². The van der Waals surface area contributed by atoms with Gasteiger partial charge in [-0.3, -0.25) is 4.98 Å². The zero-order valence-corrected chi connectivity index (χ0v) is 33.6. The van der Waals surface area contributed by atoms with E-state index in [1.54, 1.807) is 6.20 Å². The summed E-state index contributed by atoms with van der Waals surface area (Å²) in [6, 6.07) is 75.5. The Morgan fingerprint density at radius 1 is 0.290 bits per heavy atom. The molecule has 8 aromatic carbocycles. The lowest BCUT2D eigenvalue weighted by Gasteiger charge is -2.16. The maximum Gasteiger partial charge on any atom is 0.160 e. The van der Waals surface area contributed by atoms with E-state index in [4.69, 9.17) is 9.97 Å². The lowest BCUT2D eigenvalue weighted by molar-refractivity contribution is 1.13. The Labute approximate surface area is 358 Å². The lowest BCUT2D eigenvalue weighted by atomic mass is 10.0. The minimum Gasteiger partial charge on any atom is -0.309 e. The van der Waals surface area contributed by atoms with Gasteiger partial charge in [-0.05, 0) is 83.4 Å². The van der Waals surface area contributed by atoms with Crippen LogP contribution >= 0.6 is 0 Å². The van der Waals surface area contributed by atoms with Gasteiger partial charge in [-0.15, -0.1) is 0 Å². The number of rotatable bonds is 7. The van der Waals surface area contributed by atoms with Crippen LogP contribution in [0, 0.1) is 0 Å². The van der Waals surface area contributed by atoms with Gasteiger partial charge in [-0.25, -0.2) is 9.97 Å². The zero-order valence-electron chi connectivity index (χ0n) is 33.6. The minimum atomic E-state index is 0.655. The quantitative estimate of drug-likeness (QED) is 0.162. The second-order valence-corrected chi connectivity index (χ2v) is 15.7. The molecule has 0 amide bonds. The summed E-state index contributed by atoms with van der Waals surface area (Å²) in [6.45, 7) is 0. The summed E-state index contributed by atoms with van der Waals surface area (Å²) in [5, 5.41) is 4.85. The number of hydrogen-bond donors (Lipinski definition) is 0. The van der Waals surface area contributed by atoms with Crippen LogP contribution in [0.25, 0.3) is 111 Å². The van der Waals surface area contributed by atoms with E-state index in [2.05, 4.69) is 214 Å². The largest absolute Gasteiger partial charge is 0.309 e. The average molecular weight is 792 g/mol. The van der Waals surface area contributed by atoms with Crippen molar-refractivity contribution in [1.29, 1.82) is 0 Å². The molecule has 0 radical (unpaired) electrons. The Balaban J connectivity index is 1.14. The lowest BCUT2D eigenvalue weighted by Crippen LogP contribution is -2.01. The first kappa shape index (κ1) is 35.5. The molecular weight excluding hydrogens is 755 g/mol. The summed E-state index contributed by atoms with van der Waals surface area (Å²) in [5.74, 6) is 0.655. The summed E-state index contributed by atoms with van der Waals surface area (Å²) in [5.41, 5.74) is 15.6. The van der Waals surface area contributed by atoms with E-state index < -0.39 is 0 Å². The number of pyridine rings is 1. The Bertz CT molecular complexity index is 3300. The zero-order chi connectivity index (χ0) is 41.0. The summed E-state index contributed by atoms with van der Waals surface area (Å²) < 4.78 is 4.80. The van der Waals surface area contributed by atoms with Gasteiger partial charge in [-0.2, -0.15) is 0 Å². The molecule has 0 fully saturated rings. The van der Waals surface area contributed by atoms with Crippen LogP contribution in [-0.2, 0) is 0 Å². The Morgan fingerprint density at radius 3 is 1.27 bits per heavy atom. The minimum absolute atomic E-state index is 0.655. The fourth-order valence-corrected chi connectivity index (χ4v) is 9.13. The maximum atomic E-state index is 5.47. The number of benzene rings is 8. The van der Waals surface area contributed by atoms with Crippen LogP contribution in [0.15, 0.2) is 225 Å². The molecule has 0 aliphatic heterocycles. The molecule has 290 valence electrons. The van der Waals surface area contributed by atoms with Gasteiger partial charge in [0.05, 0.1) is 33.5 Å². The van der Waals surface area contributed by atoms with Crippen molar-refractivity contribution in [3.05, 3.63) is 225 Å². The van der Waals surface area contributed by atoms with Gasteiger partial charge in [-0.1, -0.05) is 146 Å². The van der Waals surface area contributed by atoms with Crippen molar-refractivity contribution in [2.45, 2.75) is 0 Å². The number of aromatic nitrogens is 5. The molecule has 5 nitrogen and oxygen atoms in total. The van der Waals surface area contributed by atoms with Crippen LogP contribution in [-0.4, -0.2) is 24.1 Å². The smallest absolute Gasteiger partial charge is 0.160 e. The standard InChI is InChI=1S/C57H37N5/c1-2-15-38(16-3-1)39-17-13-20-42(32-39)57-59-51(41-19-12-18-40(31-41)43-21-14-30-58-37-43)36-52(60-57)44-33-45(61-53-26-8-4-22-47(53)48-23-5-9-27-54(48)61)35-46(34-44)62-55-28-10-6-24-49(55)50-25-7-11-29-56(50)62/h1-37H. The number of fused-ring (bicyclic) bond motifs is 6. The molecule has 0 unspecified atom stereocenters. The highest BCUT2D eigenvalue weighted by atomic mass is 15.0. The van der Waals surface area contributed by atoms with Crippen LogP contribution in [0.1, 0.15) is 0 Å². The van der Waals surface area contributed by atoms with Crippen molar-refractivity contribution in [2.24, 2.45) is 0 Å². The molecule has 0 atom stereocenters. The molecule has 0 saturated carbocycles. The summed E-state index contributed by atoms with van der Waals surface area (Å²) in [4.78, 5) is 15.2. The third-order valence-corrected chi connectivity index (χ3v) is 12.0. The Morgan fingerprint density at radius 2 is 0.726 bits per heavy atom. The predicted octanol–water partition coefficient (Wildman–Crippen LogP) is 14.4. The molecule has 0 spiro atoms. The van der Waals surface area contributed by atoms with Crippen molar-refractivity contribution in [3.63, 3.8) is 0 Å². The van der Waals surface area contributed by atoms with Gasteiger partial charge in [0, 0.05) is 67.6 Å². The maximum absolute atomic E-state index is 5.47. The van der Waals surface area contributed by atoms with Crippen LogP contribution < -0.4 is 0 Å². The van der Waals surface area contributed by atoms with E-state index in [1.807, 2.05) is 18.3 Å². The van der Waals surface area contributed by atoms with Crippen molar-refractivity contribution in [1.82, 2.24) is 24.1 Å². The fraction of sp³-hybridized carbons (Fsp3) is 0. The summed E-state index contributed by atoms with van der Waals surface area (Å²) >= 11 is 0. The van der Waals surface area contributed by atoms with Crippen molar-refractivity contribution < 1.29 is 0 Å². The van der Waals surface area contributed by atoms with Crippen molar-refractivity contribution in [3.8, 4) is 67.5 Å². The van der Waals surface area contributed by atoms with Gasteiger partial charge < -0.3 is 9.13 Å². The SMILES string of the molecule is c1ccc(-c2cccc(-c3nc(-c4cccc(-c5cccnc5)c4)cc(-c4cc(-n5c6ccccc6c6ccccc65)cc(-n5c6ccccc6c6ccccc65)c4)n3)c2)cc1. The molecule has 4 aromatic heterocycles. The van der Waals surface area contributed by atoms with E-state index in [0.717, 1.165) is 83.8 Å². The first-order chi connectivity index (χ1) is 30.7. The summed E-state index contributed by atoms with van der Waals surface area (Å²) in [6.07, 6.45) is 3.71. The highest BCUT2D eigenvalue weighted by molar-refractivity contribution is 6.10. The fourth-order valence-electron chi connectivity index (χ4n) is 9.13.